The van der Waals surface area contributed by atoms with E-state index in [1.807, 2.05) is 48.8 Å². The maximum atomic E-state index is 4.56. The average Bonchev–Trinajstić information content (AvgIpc) is 3.49. The topological polar surface area (TPSA) is 101 Å². The van der Waals surface area contributed by atoms with E-state index in [0.29, 0.717) is 11.9 Å². The van der Waals surface area contributed by atoms with Crippen LogP contribution >= 0.6 is 0 Å². The van der Waals surface area contributed by atoms with Gasteiger partial charge >= 0.3 is 0 Å². The summed E-state index contributed by atoms with van der Waals surface area (Å²) in [6, 6.07) is 10.9. The van der Waals surface area contributed by atoms with Crippen molar-refractivity contribution < 1.29 is 0 Å². The zero-order valence-corrected chi connectivity index (χ0v) is 19.3. The summed E-state index contributed by atoms with van der Waals surface area (Å²) < 4.78 is 1.89. The number of nitrogens with one attached hydrogen (secondary N) is 2. The Morgan fingerprint density at radius 1 is 1.15 bits per heavy atom. The van der Waals surface area contributed by atoms with Crippen molar-refractivity contribution >= 4 is 17.0 Å². The lowest BCUT2D eigenvalue weighted by atomic mass is 10.0. The molecule has 5 rings (SSSR count). The number of tetrazole rings is 1. The third kappa shape index (κ3) is 4.57. The summed E-state index contributed by atoms with van der Waals surface area (Å²) in [7, 11) is 2.05. The molecule has 0 bridgehead atoms. The van der Waals surface area contributed by atoms with E-state index < -0.39 is 0 Å². The second-order valence-corrected chi connectivity index (χ2v) is 8.81. The summed E-state index contributed by atoms with van der Waals surface area (Å²) >= 11 is 0. The van der Waals surface area contributed by atoms with Gasteiger partial charge in [-0.3, -0.25) is 4.90 Å². The van der Waals surface area contributed by atoms with E-state index >= 15 is 0 Å². The molecule has 1 aromatic carbocycles. The van der Waals surface area contributed by atoms with Crippen molar-refractivity contribution in [1.29, 1.82) is 0 Å². The van der Waals surface area contributed by atoms with Crippen molar-refractivity contribution in [3.05, 3.63) is 48.4 Å². The van der Waals surface area contributed by atoms with Crippen LogP contribution in [0.25, 0.3) is 16.9 Å². The zero-order chi connectivity index (χ0) is 22.8. The van der Waals surface area contributed by atoms with Gasteiger partial charge in [-0.2, -0.15) is 9.90 Å². The first-order valence-electron chi connectivity index (χ1n) is 11.5. The maximum absolute atomic E-state index is 4.56. The van der Waals surface area contributed by atoms with Gasteiger partial charge in [-0.1, -0.05) is 12.1 Å². The molecule has 0 amide bonds. The van der Waals surface area contributed by atoms with Crippen LogP contribution in [0.3, 0.4) is 0 Å². The highest BCUT2D eigenvalue weighted by Gasteiger charge is 2.20. The first kappa shape index (κ1) is 21.5. The van der Waals surface area contributed by atoms with Crippen molar-refractivity contribution in [2.45, 2.75) is 45.3 Å². The van der Waals surface area contributed by atoms with Gasteiger partial charge in [0.2, 0.25) is 5.82 Å². The minimum Gasteiger partial charge on any atom is -0.338 e. The van der Waals surface area contributed by atoms with E-state index in [9.17, 15) is 0 Å². The lowest BCUT2D eigenvalue weighted by Crippen LogP contribution is -2.40. The van der Waals surface area contributed by atoms with Crippen LogP contribution in [0.4, 0.5) is 11.5 Å². The predicted octanol–water partition coefficient (Wildman–Crippen LogP) is 2.89. The first-order chi connectivity index (χ1) is 16.1. The van der Waals surface area contributed by atoms with Gasteiger partial charge in [-0.05, 0) is 75.8 Å². The molecule has 0 spiro atoms. The fourth-order valence-corrected chi connectivity index (χ4v) is 4.29. The number of rotatable bonds is 7. The van der Waals surface area contributed by atoms with Crippen molar-refractivity contribution in [3.8, 4) is 11.4 Å². The summed E-state index contributed by atoms with van der Waals surface area (Å²) in [5.74, 6) is 1.39. The van der Waals surface area contributed by atoms with Gasteiger partial charge in [0.15, 0.2) is 5.82 Å². The Balaban J connectivity index is 1.39. The van der Waals surface area contributed by atoms with Gasteiger partial charge < -0.3 is 10.6 Å². The van der Waals surface area contributed by atoms with Crippen LogP contribution in [0.15, 0.2) is 42.9 Å². The molecule has 0 aliphatic carbocycles. The summed E-state index contributed by atoms with van der Waals surface area (Å²) in [6.45, 7) is 7.12. The molecule has 10 nitrogen and oxygen atoms in total. The molecule has 0 unspecified atom stereocenters. The van der Waals surface area contributed by atoms with Crippen LogP contribution in [-0.2, 0) is 6.54 Å². The molecule has 1 fully saturated rings. The van der Waals surface area contributed by atoms with E-state index in [-0.39, 0.29) is 6.04 Å². The van der Waals surface area contributed by atoms with Crippen LogP contribution < -0.4 is 10.6 Å². The highest BCUT2D eigenvalue weighted by molar-refractivity contribution is 5.77. The predicted molar refractivity (Wildman–Crippen MR) is 127 cm³/mol. The minimum atomic E-state index is 0.165. The van der Waals surface area contributed by atoms with E-state index in [1.54, 1.807) is 11.1 Å². The lowest BCUT2D eigenvalue weighted by molar-refractivity contribution is 0.195. The van der Waals surface area contributed by atoms with Gasteiger partial charge in [-0.15, -0.1) is 10.2 Å². The summed E-state index contributed by atoms with van der Waals surface area (Å²) in [5, 5.41) is 24.1. The molecule has 0 atom stereocenters. The van der Waals surface area contributed by atoms with Crippen molar-refractivity contribution in [3.63, 3.8) is 0 Å². The number of fused-ring (bicyclic) bond motifs is 1. The molecular weight excluding hydrogens is 416 g/mol. The molecule has 1 saturated heterocycles. The fraction of sp³-hybridized carbons (Fsp3) is 0.435. The second-order valence-electron chi connectivity index (χ2n) is 8.81. The van der Waals surface area contributed by atoms with Crippen LogP contribution in [0.1, 0.15) is 38.3 Å². The lowest BCUT2D eigenvalue weighted by Gasteiger charge is -2.31. The minimum absolute atomic E-state index is 0.165. The number of anilines is 2. The van der Waals surface area contributed by atoms with Crippen LogP contribution in [0.2, 0.25) is 0 Å². The molecule has 10 heteroatoms. The largest absolute Gasteiger partial charge is 0.338 e. The van der Waals surface area contributed by atoms with E-state index in [1.165, 1.54) is 18.4 Å². The number of hydrogen-bond acceptors (Lipinski definition) is 8. The van der Waals surface area contributed by atoms with Gasteiger partial charge in [-0.25, -0.2) is 9.50 Å². The number of likely N-dealkylation sites (tertiary alicyclic amines) is 1. The number of benzene rings is 1. The highest BCUT2D eigenvalue weighted by atomic mass is 15.6. The fourth-order valence-electron chi connectivity index (χ4n) is 4.29. The average molecular weight is 447 g/mol. The Hall–Kier alpha value is -3.37. The zero-order valence-electron chi connectivity index (χ0n) is 19.3. The van der Waals surface area contributed by atoms with Gasteiger partial charge in [0.05, 0.1) is 6.04 Å². The standard InChI is InChI=1S/C23H30N10/c1-16(2)33-29-22(28-30-33)17-5-4-6-20(13-17)27-23-21-18(7-12-32(21)26-15-25-23)14-31-10-8-19(24-3)9-11-31/h4-7,12-13,15-16,19,24H,8-11,14H2,1-3H3,(H,25,26,27). The molecule has 2 N–H and O–H groups in total. The number of hydrogen-bond donors (Lipinski definition) is 2. The summed E-state index contributed by atoms with van der Waals surface area (Å²) in [4.78, 5) is 8.69. The molecule has 4 heterocycles. The normalized spacial score (nSPS) is 15.5. The van der Waals surface area contributed by atoms with Crippen molar-refractivity contribution in [1.82, 2.24) is 45.0 Å². The summed E-state index contributed by atoms with van der Waals surface area (Å²) in [5.41, 5.74) is 4.04. The molecule has 1 aliphatic rings. The Labute approximate surface area is 193 Å². The number of aromatic nitrogens is 7. The van der Waals surface area contributed by atoms with Gasteiger partial charge in [0, 0.05) is 30.0 Å². The number of nitrogens with zero attached hydrogens (tertiary/aromatic N) is 8. The Morgan fingerprint density at radius 2 is 2.00 bits per heavy atom. The molecule has 172 valence electrons. The quantitative estimate of drug-likeness (QED) is 0.447. The smallest absolute Gasteiger partial charge is 0.205 e. The van der Waals surface area contributed by atoms with Crippen LogP contribution in [-0.4, -0.2) is 65.9 Å². The maximum Gasteiger partial charge on any atom is 0.205 e. The molecular formula is C23H30N10. The third-order valence-electron chi connectivity index (χ3n) is 6.20. The Bertz CT molecular complexity index is 1220. The molecule has 4 aromatic rings. The van der Waals surface area contributed by atoms with Crippen molar-refractivity contribution in [2.75, 3.05) is 25.5 Å². The van der Waals surface area contributed by atoms with E-state index in [2.05, 4.69) is 54.1 Å². The number of piperidine rings is 1. The molecule has 33 heavy (non-hydrogen) atoms. The van der Waals surface area contributed by atoms with Crippen LogP contribution in [0, 0.1) is 0 Å². The molecule has 0 radical (unpaired) electrons. The van der Waals surface area contributed by atoms with Crippen molar-refractivity contribution in [2.24, 2.45) is 0 Å². The monoisotopic (exact) mass is 446 g/mol. The van der Waals surface area contributed by atoms with Gasteiger partial charge in [0.1, 0.15) is 11.8 Å². The molecule has 0 saturated carbocycles. The highest BCUT2D eigenvalue weighted by Crippen LogP contribution is 2.27. The van der Waals surface area contributed by atoms with E-state index in [4.69, 9.17) is 0 Å². The molecule has 1 aliphatic heterocycles. The van der Waals surface area contributed by atoms with Gasteiger partial charge in [0.25, 0.3) is 0 Å². The third-order valence-corrected chi connectivity index (χ3v) is 6.20. The SMILES string of the molecule is CNC1CCN(Cc2ccn3ncnc(Nc4cccc(-c5nnn(C(C)C)n5)c4)c23)CC1. The Kier molecular flexibility index (Phi) is 6.01. The second kappa shape index (κ2) is 9.24. The Morgan fingerprint density at radius 3 is 2.76 bits per heavy atom. The summed E-state index contributed by atoms with van der Waals surface area (Å²) in [6.07, 6.45) is 5.93. The molecule has 3 aromatic heterocycles. The first-order valence-corrected chi connectivity index (χ1v) is 11.5. The van der Waals surface area contributed by atoms with E-state index in [0.717, 1.165) is 42.2 Å². The van der Waals surface area contributed by atoms with Crippen LogP contribution in [0.5, 0.6) is 0 Å².